The number of rotatable bonds is 6. The quantitative estimate of drug-likeness (QED) is 0.647. The van der Waals surface area contributed by atoms with Crippen LogP contribution in [0, 0.1) is 0 Å². The van der Waals surface area contributed by atoms with Gasteiger partial charge in [0.15, 0.2) is 5.75 Å². The van der Waals surface area contributed by atoms with Crippen LogP contribution in [0.2, 0.25) is 0 Å². The van der Waals surface area contributed by atoms with E-state index in [2.05, 4.69) is 10.6 Å². The van der Waals surface area contributed by atoms with Crippen LogP contribution in [0.15, 0.2) is 78.9 Å². The van der Waals surface area contributed by atoms with Gasteiger partial charge in [0.05, 0.1) is 5.69 Å². The fourth-order valence-electron chi connectivity index (χ4n) is 2.59. The Kier molecular flexibility index (Phi) is 6.07. The van der Waals surface area contributed by atoms with Gasteiger partial charge in [0, 0.05) is 17.2 Å². The summed E-state index contributed by atoms with van der Waals surface area (Å²) in [6, 6.07) is 23.2. The topological polar surface area (TPSA) is 67.4 Å². The molecule has 0 aromatic heterocycles. The minimum Gasteiger partial charge on any atom is -0.455 e. The number of para-hydroxylation sites is 3. The average molecular weight is 374 g/mol. The van der Waals surface area contributed by atoms with Crippen molar-refractivity contribution < 1.29 is 14.3 Å². The van der Waals surface area contributed by atoms with E-state index in [4.69, 9.17) is 4.74 Å². The van der Waals surface area contributed by atoms with Crippen molar-refractivity contribution in [3.63, 3.8) is 0 Å². The number of hydrogen-bond acceptors (Lipinski definition) is 3. The molecule has 0 aliphatic rings. The summed E-state index contributed by atoms with van der Waals surface area (Å²) < 4.78 is 5.87. The third kappa shape index (κ3) is 4.98. The lowest BCUT2D eigenvalue weighted by Crippen LogP contribution is -2.30. The summed E-state index contributed by atoms with van der Waals surface area (Å²) >= 11 is 0. The molecule has 5 heteroatoms. The fraction of sp³-hybridized carbons (Fsp3) is 0.130. The van der Waals surface area contributed by atoms with Crippen molar-refractivity contribution in [2.24, 2.45) is 0 Å². The van der Waals surface area contributed by atoms with Crippen LogP contribution in [0.5, 0.6) is 11.5 Å². The van der Waals surface area contributed by atoms with Crippen molar-refractivity contribution in [2.75, 3.05) is 5.32 Å². The highest BCUT2D eigenvalue weighted by Crippen LogP contribution is 2.29. The molecule has 3 aromatic carbocycles. The van der Waals surface area contributed by atoms with Crippen molar-refractivity contribution in [3.8, 4) is 11.5 Å². The summed E-state index contributed by atoms with van der Waals surface area (Å²) in [6.07, 6.45) is 0. The lowest BCUT2D eigenvalue weighted by atomic mass is 10.1. The molecule has 3 rings (SSSR count). The lowest BCUT2D eigenvalue weighted by molar-refractivity contribution is 0.0941. The standard InChI is InChI=1S/C23H22N2O3/c1-16(2)24-22(26)17-12-14-18(15-13-17)23(27)25-20-10-6-7-11-21(20)28-19-8-4-3-5-9-19/h3-16H,1-2H3,(H,24,26)(H,25,27). The van der Waals surface area contributed by atoms with Crippen LogP contribution in [-0.4, -0.2) is 17.9 Å². The normalized spacial score (nSPS) is 10.4. The highest BCUT2D eigenvalue weighted by atomic mass is 16.5. The molecule has 0 saturated carbocycles. The Morgan fingerprint density at radius 2 is 1.32 bits per heavy atom. The van der Waals surface area contributed by atoms with E-state index in [0.29, 0.717) is 28.3 Å². The molecular weight excluding hydrogens is 352 g/mol. The molecule has 0 bridgehead atoms. The first kappa shape index (κ1) is 19.2. The monoisotopic (exact) mass is 374 g/mol. The largest absolute Gasteiger partial charge is 0.455 e. The van der Waals surface area contributed by atoms with Crippen molar-refractivity contribution >= 4 is 17.5 Å². The SMILES string of the molecule is CC(C)NC(=O)c1ccc(C(=O)Nc2ccccc2Oc2ccccc2)cc1. The van der Waals surface area contributed by atoms with E-state index in [1.54, 1.807) is 36.4 Å². The third-order valence-corrected chi connectivity index (χ3v) is 3.94. The first-order valence-electron chi connectivity index (χ1n) is 9.07. The Labute approximate surface area is 164 Å². The Morgan fingerprint density at radius 3 is 1.96 bits per heavy atom. The van der Waals surface area contributed by atoms with Gasteiger partial charge in [-0.2, -0.15) is 0 Å². The van der Waals surface area contributed by atoms with Gasteiger partial charge in [-0.3, -0.25) is 9.59 Å². The Morgan fingerprint density at radius 1 is 0.750 bits per heavy atom. The number of nitrogens with one attached hydrogen (secondary N) is 2. The molecule has 0 aliphatic heterocycles. The number of amides is 2. The van der Waals surface area contributed by atoms with Crippen LogP contribution in [-0.2, 0) is 0 Å². The van der Waals surface area contributed by atoms with Crippen LogP contribution in [0.3, 0.4) is 0 Å². The number of benzene rings is 3. The van der Waals surface area contributed by atoms with Gasteiger partial charge >= 0.3 is 0 Å². The number of hydrogen-bond donors (Lipinski definition) is 2. The first-order valence-corrected chi connectivity index (χ1v) is 9.07. The Balaban J connectivity index is 1.72. The van der Waals surface area contributed by atoms with Crippen LogP contribution in [0.4, 0.5) is 5.69 Å². The summed E-state index contributed by atoms with van der Waals surface area (Å²) in [5.41, 5.74) is 1.53. The van der Waals surface area contributed by atoms with E-state index >= 15 is 0 Å². The summed E-state index contributed by atoms with van der Waals surface area (Å²) in [6.45, 7) is 3.79. The number of carbonyl (C=O) groups is 2. The molecular formula is C23H22N2O3. The van der Waals surface area contributed by atoms with Gasteiger partial charge in [-0.15, -0.1) is 0 Å². The number of carbonyl (C=O) groups excluding carboxylic acids is 2. The number of ether oxygens (including phenoxy) is 1. The van der Waals surface area contributed by atoms with Crippen molar-refractivity contribution in [2.45, 2.75) is 19.9 Å². The molecule has 0 unspecified atom stereocenters. The van der Waals surface area contributed by atoms with Gasteiger partial charge in [0.25, 0.3) is 11.8 Å². The van der Waals surface area contributed by atoms with Gasteiger partial charge in [0.2, 0.25) is 0 Å². The third-order valence-electron chi connectivity index (χ3n) is 3.94. The zero-order chi connectivity index (χ0) is 19.9. The zero-order valence-corrected chi connectivity index (χ0v) is 15.8. The molecule has 0 radical (unpaired) electrons. The molecule has 142 valence electrons. The highest BCUT2D eigenvalue weighted by Gasteiger charge is 2.12. The van der Waals surface area contributed by atoms with E-state index in [9.17, 15) is 9.59 Å². The molecule has 0 aliphatic carbocycles. The molecule has 0 saturated heterocycles. The fourth-order valence-corrected chi connectivity index (χ4v) is 2.59. The van der Waals surface area contributed by atoms with E-state index in [0.717, 1.165) is 0 Å². The van der Waals surface area contributed by atoms with E-state index in [1.165, 1.54) is 0 Å². The van der Waals surface area contributed by atoms with Crippen LogP contribution in [0.1, 0.15) is 34.6 Å². The maximum atomic E-state index is 12.6. The molecule has 2 N–H and O–H groups in total. The van der Waals surface area contributed by atoms with Gasteiger partial charge in [-0.05, 0) is 62.4 Å². The van der Waals surface area contributed by atoms with Crippen molar-refractivity contribution in [1.29, 1.82) is 0 Å². The minimum atomic E-state index is -0.278. The smallest absolute Gasteiger partial charge is 0.255 e. The molecule has 0 atom stereocenters. The molecule has 28 heavy (non-hydrogen) atoms. The second-order valence-electron chi connectivity index (χ2n) is 6.57. The average Bonchev–Trinajstić information content (AvgIpc) is 2.70. The van der Waals surface area contributed by atoms with Crippen molar-refractivity contribution in [3.05, 3.63) is 90.0 Å². The first-order chi connectivity index (χ1) is 13.5. The molecule has 0 heterocycles. The van der Waals surface area contributed by atoms with Gasteiger partial charge in [-0.25, -0.2) is 0 Å². The van der Waals surface area contributed by atoms with Gasteiger partial charge in [-0.1, -0.05) is 30.3 Å². The maximum Gasteiger partial charge on any atom is 0.255 e. The Hall–Kier alpha value is -3.60. The zero-order valence-electron chi connectivity index (χ0n) is 15.8. The molecule has 3 aromatic rings. The molecule has 0 fully saturated rings. The number of anilines is 1. The summed E-state index contributed by atoms with van der Waals surface area (Å²) in [5, 5.41) is 5.69. The lowest BCUT2D eigenvalue weighted by Gasteiger charge is -2.12. The summed E-state index contributed by atoms with van der Waals surface area (Å²) in [7, 11) is 0. The summed E-state index contributed by atoms with van der Waals surface area (Å²) in [4.78, 5) is 24.6. The molecule has 2 amide bonds. The van der Waals surface area contributed by atoms with Gasteiger partial charge < -0.3 is 15.4 Å². The van der Waals surface area contributed by atoms with Gasteiger partial charge in [0.1, 0.15) is 5.75 Å². The van der Waals surface area contributed by atoms with Crippen LogP contribution < -0.4 is 15.4 Å². The second-order valence-corrected chi connectivity index (χ2v) is 6.57. The van der Waals surface area contributed by atoms with Crippen molar-refractivity contribution in [1.82, 2.24) is 5.32 Å². The maximum absolute atomic E-state index is 12.6. The van der Waals surface area contributed by atoms with E-state index in [-0.39, 0.29) is 17.9 Å². The van der Waals surface area contributed by atoms with Crippen LogP contribution in [0.25, 0.3) is 0 Å². The van der Waals surface area contributed by atoms with E-state index < -0.39 is 0 Å². The molecule has 0 spiro atoms. The highest BCUT2D eigenvalue weighted by molar-refractivity contribution is 6.05. The predicted molar refractivity (Wildman–Crippen MR) is 110 cm³/mol. The summed E-state index contributed by atoms with van der Waals surface area (Å²) in [5.74, 6) is 0.795. The minimum absolute atomic E-state index is 0.0524. The van der Waals surface area contributed by atoms with E-state index in [1.807, 2.05) is 56.3 Å². The predicted octanol–water partition coefficient (Wildman–Crippen LogP) is 4.87. The Bertz CT molecular complexity index is 951. The van der Waals surface area contributed by atoms with Crippen LogP contribution >= 0.6 is 0 Å². The second kappa shape index (κ2) is 8.86. The molecule has 5 nitrogen and oxygen atoms in total.